The van der Waals surface area contributed by atoms with Crippen molar-refractivity contribution in [2.45, 2.75) is 20.3 Å². The van der Waals surface area contributed by atoms with E-state index in [1.165, 1.54) is 5.56 Å². The molecule has 2 N–H and O–H groups in total. The van der Waals surface area contributed by atoms with E-state index >= 15 is 0 Å². The highest BCUT2D eigenvalue weighted by atomic mass is 15.0. The fourth-order valence-corrected chi connectivity index (χ4v) is 2.34. The van der Waals surface area contributed by atoms with Gasteiger partial charge in [0.25, 0.3) is 0 Å². The summed E-state index contributed by atoms with van der Waals surface area (Å²) in [7, 11) is 0. The van der Waals surface area contributed by atoms with Gasteiger partial charge in [-0.3, -0.25) is 4.40 Å². The van der Waals surface area contributed by atoms with Gasteiger partial charge >= 0.3 is 0 Å². The Balaban J connectivity index is 2.19. The van der Waals surface area contributed by atoms with Gasteiger partial charge in [0.15, 0.2) is 0 Å². The van der Waals surface area contributed by atoms with E-state index < -0.39 is 0 Å². The van der Waals surface area contributed by atoms with Crippen LogP contribution in [0, 0.1) is 6.92 Å². The van der Waals surface area contributed by atoms with Crippen LogP contribution in [0.25, 0.3) is 16.9 Å². The number of rotatable bonds is 2. The molecule has 0 aliphatic rings. The topological polar surface area (TPSA) is 43.3 Å². The van der Waals surface area contributed by atoms with E-state index in [4.69, 9.17) is 5.73 Å². The van der Waals surface area contributed by atoms with Crippen molar-refractivity contribution in [3.63, 3.8) is 0 Å². The molecule has 96 valence electrons. The van der Waals surface area contributed by atoms with E-state index in [1.807, 2.05) is 25.3 Å². The van der Waals surface area contributed by atoms with Crippen LogP contribution in [0.1, 0.15) is 18.2 Å². The number of aryl methyl sites for hydroxylation is 2. The highest BCUT2D eigenvalue weighted by Crippen LogP contribution is 2.24. The van der Waals surface area contributed by atoms with Gasteiger partial charge < -0.3 is 5.73 Å². The second-order valence-corrected chi connectivity index (χ2v) is 4.79. The fourth-order valence-electron chi connectivity index (χ4n) is 2.34. The van der Waals surface area contributed by atoms with Crippen LogP contribution in [0.4, 0.5) is 5.69 Å². The van der Waals surface area contributed by atoms with Gasteiger partial charge in [0, 0.05) is 17.4 Å². The number of aromatic nitrogens is 2. The molecule has 0 atom stereocenters. The first-order valence-corrected chi connectivity index (χ1v) is 6.52. The molecular weight excluding hydrogens is 234 g/mol. The number of nitrogens with zero attached hydrogens (tertiary/aromatic N) is 2. The maximum absolute atomic E-state index is 5.84. The molecule has 3 heteroatoms. The lowest BCUT2D eigenvalue weighted by molar-refractivity contribution is 1.13. The smallest absolute Gasteiger partial charge is 0.144 e. The van der Waals surface area contributed by atoms with Crippen molar-refractivity contribution in [3.8, 4) is 11.4 Å². The summed E-state index contributed by atoms with van der Waals surface area (Å²) in [5, 5.41) is 0. The number of anilines is 1. The number of nitrogens with two attached hydrogens (primary N) is 1. The maximum atomic E-state index is 5.84. The summed E-state index contributed by atoms with van der Waals surface area (Å²) in [5.74, 6) is 0.968. The molecule has 0 fully saturated rings. The summed E-state index contributed by atoms with van der Waals surface area (Å²) in [6, 6.07) is 12.4. The van der Waals surface area contributed by atoms with E-state index in [2.05, 4.69) is 40.6 Å². The predicted octanol–water partition coefficient (Wildman–Crippen LogP) is 3.45. The first kappa shape index (κ1) is 11.8. The van der Waals surface area contributed by atoms with Crippen molar-refractivity contribution in [1.29, 1.82) is 0 Å². The summed E-state index contributed by atoms with van der Waals surface area (Å²) >= 11 is 0. The highest BCUT2D eigenvalue weighted by Gasteiger charge is 2.09. The van der Waals surface area contributed by atoms with Gasteiger partial charge in [-0.15, -0.1) is 0 Å². The molecule has 2 aromatic heterocycles. The van der Waals surface area contributed by atoms with Crippen LogP contribution in [0.15, 0.2) is 42.6 Å². The molecule has 3 aromatic rings. The molecule has 0 radical (unpaired) electrons. The molecular formula is C16H17N3. The summed E-state index contributed by atoms with van der Waals surface area (Å²) in [6.45, 7) is 4.17. The summed E-state index contributed by atoms with van der Waals surface area (Å²) in [4.78, 5) is 4.66. The Morgan fingerprint density at radius 1 is 1.16 bits per heavy atom. The van der Waals surface area contributed by atoms with Crippen LogP contribution in [0.3, 0.4) is 0 Å². The number of benzene rings is 1. The number of hydrogen-bond donors (Lipinski definition) is 1. The molecule has 0 amide bonds. The zero-order valence-corrected chi connectivity index (χ0v) is 11.2. The van der Waals surface area contributed by atoms with Crippen molar-refractivity contribution in [2.24, 2.45) is 0 Å². The lowest BCUT2D eigenvalue weighted by atomic mass is 10.1. The van der Waals surface area contributed by atoms with Crippen molar-refractivity contribution in [1.82, 2.24) is 9.38 Å². The number of nitrogen functional groups attached to an aromatic ring is 1. The molecule has 0 saturated carbocycles. The molecule has 19 heavy (non-hydrogen) atoms. The van der Waals surface area contributed by atoms with Gasteiger partial charge in [-0.1, -0.05) is 31.2 Å². The molecule has 0 aliphatic heterocycles. The SMILES string of the molecule is CCc1ccc(-c2nc(C)c3cc(N)ccn23)cc1. The largest absolute Gasteiger partial charge is 0.399 e. The monoisotopic (exact) mass is 251 g/mol. The van der Waals surface area contributed by atoms with Gasteiger partial charge in [-0.25, -0.2) is 4.98 Å². The number of hydrogen-bond acceptors (Lipinski definition) is 2. The minimum Gasteiger partial charge on any atom is -0.399 e. The highest BCUT2D eigenvalue weighted by molar-refractivity contribution is 5.68. The Morgan fingerprint density at radius 3 is 2.58 bits per heavy atom. The van der Waals surface area contributed by atoms with E-state index in [9.17, 15) is 0 Å². The normalized spacial score (nSPS) is 11.1. The lowest BCUT2D eigenvalue weighted by Gasteiger charge is -2.03. The molecule has 1 aromatic carbocycles. The number of pyridine rings is 1. The molecule has 0 saturated heterocycles. The zero-order valence-electron chi connectivity index (χ0n) is 11.2. The second-order valence-electron chi connectivity index (χ2n) is 4.79. The van der Waals surface area contributed by atoms with Crippen LogP contribution < -0.4 is 5.73 Å². The Hall–Kier alpha value is -2.29. The third-order valence-electron chi connectivity index (χ3n) is 3.47. The van der Waals surface area contributed by atoms with Crippen LogP contribution >= 0.6 is 0 Å². The van der Waals surface area contributed by atoms with E-state index in [0.717, 1.165) is 34.7 Å². The quantitative estimate of drug-likeness (QED) is 0.758. The van der Waals surface area contributed by atoms with Gasteiger partial charge in [0.2, 0.25) is 0 Å². The molecule has 0 spiro atoms. The molecule has 3 nitrogen and oxygen atoms in total. The Labute approximate surface area is 112 Å². The second kappa shape index (κ2) is 4.43. The van der Waals surface area contributed by atoms with Crippen LogP contribution in [-0.2, 0) is 6.42 Å². The maximum Gasteiger partial charge on any atom is 0.144 e. The fraction of sp³-hybridized carbons (Fsp3) is 0.188. The summed E-state index contributed by atoms with van der Waals surface area (Å²) < 4.78 is 2.09. The third-order valence-corrected chi connectivity index (χ3v) is 3.47. The standard InChI is InChI=1S/C16H17N3/c1-3-12-4-6-13(7-5-12)16-18-11(2)15-10-14(17)8-9-19(15)16/h4-10H,3,17H2,1-2H3. The minimum atomic E-state index is 0.767. The summed E-state index contributed by atoms with van der Waals surface area (Å²) in [5.41, 5.74) is 11.1. The first-order chi connectivity index (χ1) is 9.19. The van der Waals surface area contributed by atoms with Crippen molar-refractivity contribution in [2.75, 3.05) is 5.73 Å². The van der Waals surface area contributed by atoms with Crippen molar-refractivity contribution in [3.05, 3.63) is 53.9 Å². The molecule has 2 heterocycles. The number of fused-ring (bicyclic) bond motifs is 1. The third kappa shape index (κ3) is 1.97. The average Bonchev–Trinajstić information content (AvgIpc) is 2.76. The van der Waals surface area contributed by atoms with Gasteiger partial charge in [0.1, 0.15) is 5.82 Å². The van der Waals surface area contributed by atoms with Crippen LogP contribution in [-0.4, -0.2) is 9.38 Å². The van der Waals surface area contributed by atoms with Gasteiger partial charge in [-0.05, 0) is 31.0 Å². The van der Waals surface area contributed by atoms with Crippen LogP contribution in [0.2, 0.25) is 0 Å². The number of imidazole rings is 1. The Morgan fingerprint density at radius 2 is 1.89 bits per heavy atom. The van der Waals surface area contributed by atoms with E-state index in [0.29, 0.717) is 0 Å². The zero-order chi connectivity index (χ0) is 13.4. The van der Waals surface area contributed by atoms with E-state index in [1.54, 1.807) is 0 Å². The van der Waals surface area contributed by atoms with Crippen LogP contribution in [0.5, 0.6) is 0 Å². The van der Waals surface area contributed by atoms with Crippen molar-refractivity contribution >= 4 is 11.2 Å². The lowest BCUT2D eigenvalue weighted by Crippen LogP contribution is -1.92. The summed E-state index contributed by atoms with van der Waals surface area (Å²) in [6.07, 6.45) is 3.03. The van der Waals surface area contributed by atoms with Gasteiger partial charge in [0.05, 0.1) is 11.2 Å². The molecule has 0 unspecified atom stereocenters. The Bertz CT molecular complexity index is 724. The first-order valence-electron chi connectivity index (χ1n) is 6.52. The van der Waals surface area contributed by atoms with E-state index in [-0.39, 0.29) is 0 Å². The van der Waals surface area contributed by atoms with Gasteiger partial charge in [-0.2, -0.15) is 0 Å². The van der Waals surface area contributed by atoms with Crippen molar-refractivity contribution < 1.29 is 0 Å². The molecule has 0 aliphatic carbocycles. The Kier molecular flexibility index (Phi) is 2.75. The molecule has 0 bridgehead atoms. The molecule has 3 rings (SSSR count). The minimum absolute atomic E-state index is 0.767. The average molecular weight is 251 g/mol. The predicted molar refractivity (Wildman–Crippen MR) is 79.2 cm³/mol.